The third-order valence-electron chi connectivity index (χ3n) is 4.93. The highest BCUT2D eigenvalue weighted by atomic mass is 16.6. The van der Waals surface area contributed by atoms with Gasteiger partial charge in [0, 0.05) is 11.3 Å². The Morgan fingerprint density at radius 1 is 1.22 bits per heavy atom. The van der Waals surface area contributed by atoms with Crippen molar-refractivity contribution in [2.45, 2.75) is 6.54 Å². The first-order valence-electron chi connectivity index (χ1n) is 10.3. The van der Waals surface area contributed by atoms with E-state index in [9.17, 15) is 14.7 Å². The number of nitrogens with zero attached hydrogens (tertiary/aromatic N) is 6. The minimum Gasteiger partial charge on any atom is -0.504 e. The second-order valence-corrected chi connectivity index (χ2v) is 7.13. The number of benzene rings is 2. The van der Waals surface area contributed by atoms with Crippen LogP contribution in [0.1, 0.15) is 32.1 Å². The Labute approximate surface area is 202 Å². The number of carbonyl (C=O) groups excluding carboxylic acids is 2. The number of hydrogen-bond acceptors (Lipinski definition) is 12. The van der Waals surface area contributed by atoms with Gasteiger partial charge in [0.15, 0.2) is 17.2 Å². The first-order valence-corrected chi connectivity index (χ1v) is 10.3. The van der Waals surface area contributed by atoms with Crippen molar-refractivity contribution in [1.29, 1.82) is 0 Å². The van der Waals surface area contributed by atoms with E-state index in [4.69, 9.17) is 16.2 Å². The standard InChI is InChI=1S/C21H20N10O5/c1-35-15-8-4-5-11(17(15)32)9-25-27-21(34)16-14(31(30-26-16)20-18(22)28-36-29-20)10-24-13-7-3-2-6-12(13)19(23)33/h2-9,24,32H,10H2,1H3,(H2,22,28)(H2,23,33)(H,27,34)/b25-9+. The Kier molecular flexibility index (Phi) is 6.71. The van der Waals surface area contributed by atoms with Crippen LogP contribution in [0.5, 0.6) is 11.5 Å². The van der Waals surface area contributed by atoms with Crippen LogP contribution in [0.2, 0.25) is 0 Å². The monoisotopic (exact) mass is 492 g/mol. The highest BCUT2D eigenvalue weighted by Gasteiger charge is 2.24. The van der Waals surface area contributed by atoms with Crippen molar-refractivity contribution in [3.05, 3.63) is 65.0 Å². The van der Waals surface area contributed by atoms with Crippen LogP contribution in [0.4, 0.5) is 11.5 Å². The molecule has 4 aromatic rings. The number of hydrogen-bond donors (Lipinski definition) is 5. The van der Waals surface area contributed by atoms with Gasteiger partial charge in [-0.2, -0.15) is 9.78 Å². The van der Waals surface area contributed by atoms with Crippen molar-refractivity contribution in [2.24, 2.45) is 10.8 Å². The van der Waals surface area contributed by atoms with E-state index in [0.29, 0.717) is 11.3 Å². The number of nitrogens with one attached hydrogen (secondary N) is 2. The summed E-state index contributed by atoms with van der Waals surface area (Å²) in [4.78, 5) is 24.7. The van der Waals surface area contributed by atoms with Crippen LogP contribution in [0.3, 0.4) is 0 Å². The van der Waals surface area contributed by atoms with E-state index >= 15 is 0 Å². The summed E-state index contributed by atoms with van der Waals surface area (Å²) in [7, 11) is 1.41. The number of phenols is 1. The molecule has 0 saturated carbocycles. The zero-order chi connectivity index (χ0) is 25.7. The minimum absolute atomic E-state index is 0.00587. The number of methoxy groups -OCH3 is 1. The average molecular weight is 492 g/mol. The summed E-state index contributed by atoms with van der Waals surface area (Å²) >= 11 is 0. The summed E-state index contributed by atoms with van der Waals surface area (Å²) in [5.74, 6) is -1.34. The van der Waals surface area contributed by atoms with Crippen LogP contribution in [-0.4, -0.2) is 55.6 Å². The molecule has 0 saturated heterocycles. The van der Waals surface area contributed by atoms with Gasteiger partial charge in [0.1, 0.15) is 0 Å². The highest BCUT2D eigenvalue weighted by molar-refractivity contribution is 5.98. The third kappa shape index (κ3) is 4.74. The van der Waals surface area contributed by atoms with Gasteiger partial charge in [-0.3, -0.25) is 9.59 Å². The Morgan fingerprint density at radius 2 is 2.03 bits per heavy atom. The van der Waals surface area contributed by atoms with Gasteiger partial charge in [0.2, 0.25) is 11.6 Å². The van der Waals surface area contributed by atoms with Crippen LogP contribution < -0.4 is 26.9 Å². The maximum Gasteiger partial charge on any atom is 0.293 e. The molecule has 15 nitrogen and oxygen atoms in total. The summed E-state index contributed by atoms with van der Waals surface area (Å²) in [6.07, 6.45) is 1.24. The number of ether oxygens (including phenoxy) is 1. The molecule has 7 N–H and O–H groups in total. The molecule has 15 heteroatoms. The number of primary amides is 1. The molecule has 0 radical (unpaired) electrons. The highest BCUT2D eigenvalue weighted by Crippen LogP contribution is 2.28. The second kappa shape index (κ2) is 10.2. The van der Waals surface area contributed by atoms with E-state index in [-0.39, 0.29) is 46.6 Å². The number of aromatic nitrogens is 5. The van der Waals surface area contributed by atoms with Crippen LogP contribution >= 0.6 is 0 Å². The lowest BCUT2D eigenvalue weighted by atomic mass is 10.1. The predicted molar refractivity (Wildman–Crippen MR) is 126 cm³/mol. The van der Waals surface area contributed by atoms with Crippen molar-refractivity contribution in [1.82, 2.24) is 30.7 Å². The van der Waals surface area contributed by atoms with Gasteiger partial charge in [-0.15, -0.1) is 5.10 Å². The number of para-hydroxylation sites is 2. The third-order valence-corrected chi connectivity index (χ3v) is 4.93. The molecule has 36 heavy (non-hydrogen) atoms. The van der Waals surface area contributed by atoms with Gasteiger partial charge in [-0.05, 0) is 34.6 Å². The fraction of sp³-hybridized carbons (Fsp3) is 0.0952. The topological polar surface area (TPSA) is 222 Å². The SMILES string of the molecule is COc1cccc(/C=N/NC(=O)c2nnn(-c3nonc3N)c2CNc2ccccc2C(N)=O)c1O. The zero-order valence-corrected chi connectivity index (χ0v) is 18.7. The lowest BCUT2D eigenvalue weighted by Gasteiger charge is -2.11. The molecule has 2 aromatic heterocycles. The largest absolute Gasteiger partial charge is 0.504 e. The lowest BCUT2D eigenvalue weighted by Crippen LogP contribution is -2.22. The average Bonchev–Trinajstić information content (AvgIpc) is 3.49. The number of amides is 2. The Hall–Kier alpha value is -5.47. The normalized spacial score (nSPS) is 10.9. The molecule has 0 bridgehead atoms. The van der Waals surface area contributed by atoms with E-state index in [1.54, 1.807) is 42.5 Å². The predicted octanol–water partition coefficient (Wildman–Crippen LogP) is 0.422. The van der Waals surface area contributed by atoms with Crippen molar-refractivity contribution in [3.63, 3.8) is 0 Å². The van der Waals surface area contributed by atoms with E-state index in [1.807, 2.05) is 0 Å². The first kappa shape index (κ1) is 23.7. The molecule has 2 aromatic carbocycles. The van der Waals surface area contributed by atoms with Gasteiger partial charge in [-0.25, -0.2) is 10.1 Å². The summed E-state index contributed by atoms with van der Waals surface area (Å²) in [6, 6.07) is 11.4. The molecular weight excluding hydrogens is 472 g/mol. The molecule has 0 unspecified atom stereocenters. The molecule has 4 rings (SSSR count). The van der Waals surface area contributed by atoms with Gasteiger partial charge in [0.05, 0.1) is 31.1 Å². The molecule has 0 fully saturated rings. The summed E-state index contributed by atoms with van der Waals surface area (Å²) < 4.78 is 10.8. The maximum absolute atomic E-state index is 12.9. The van der Waals surface area contributed by atoms with Crippen molar-refractivity contribution < 1.29 is 24.1 Å². The van der Waals surface area contributed by atoms with Crippen LogP contribution in [-0.2, 0) is 6.54 Å². The summed E-state index contributed by atoms with van der Waals surface area (Å²) in [6.45, 7) is -0.0489. The van der Waals surface area contributed by atoms with E-state index in [2.05, 4.69) is 41.1 Å². The van der Waals surface area contributed by atoms with E-state index in [0.717, 1.165) is 4.68 Å². The van der Waals surface area contributed by atoms with Gasteiger partial charge >= 0.3 is 0 Å². The fourth-order valence-electron chi connectivity index (χ4n) is 3.20. The van der Waals surface area contributed by atoms with Crippen LogP contribution in [0, 0.1) is 0 Å². The second-order valence-electron chi connectivity index (χ2n) is 7.13. The number of carbonyl (C=O) groups is 2. The maximum atomic E-state index is 12.9. The Bertz CT molecular complexity index is 1440. The number of hydrazone groups is 1. The molecule has 0 spiro atoms. The first-order chi connectivity index (χ1) is 17.4. The zero-order valence-electron chi connectivity index (χ0n) is 18.7. The quantitative estimate of drug-likeness (QED) is 0.159. The molecule has 2 heterocycles. The summed E-state index contributed by atoms with van der Waals surface area (Å²) in [5, 5.41) is 32.1. The number of anilines is 2. The number of rotatable bonds is 9. The summed E-state index contributed by atoms with van der Waals surface area (Å²) in [5.41, 5.74) is 14.6. The van der Waals surface area contributed by atoms with Gasteiger partial charge in [0.25, 0.3) is 11.8 Å². The van der Waals surface area contributed by atoms with E-state index < -0.39 is 11.8 Å². The Balaban J connectivity index is 1.61. The minimum atomic E-state index is -0.727. The molecule has 0 atom stereocenters. The number of nitrogens with two attached hydrogens (primary N) is 2. The van der Waals surface area contributed by atoms with E-state index in [1.165, 1.54) is 13.3 Å². The lowest BCUT2D eigenvalue weighted by molar-refractivity contribution is 0.0947. The molecule has 184 valence electrons. The molecule has 0 aliphatic heterocycles. The van der Waals surface area contributed by atoms with Gasteiger partial charge < -0.3 is 26.6 Å². The molecule has 2 amide bonds. The van der Waals surface area contributed by atoms with Crippen molar-refractivity contribution >= 4 is 29.5 Å². The van der Waals surface area contributed by atoms with Crippen LogP contribution in [0.25, 0.3) is 5.82 Å². The molecule has 0 aliphatic carbocycles. The number of phenolic OH excluding ortho intramolecular Hbond substituents is 1. The smallest absolute Gasteiger partial charge is 0.293 e. The number of aromatic hydroxyl groups is 1. The van der Waals surface area contributed by atoms with Crippen molar-refractivity contribution in [2.75, 3.05) is 18.2 Å². The van der Waals surface area contributed by atoms with Crippen molar-refractivity contribution in [3.8, 4) is 17.3 Å². The Morgan fingerprint density at radius 3 is 2.75 bits per heavy atom. The van der Waals surface area contributed by atoms with Gasteiger partial charge in [-0.1, -0.05) is 23.4 Å². The molecular formula is C21H20N10O5. The molecule has 0 aliphatic rings. The fourth-order valence-corrected chi connectivity index (χ4v) is 3.20. The van der Waals surface area contributed by atoms with Crippen LogP contribution in [0.15, 0.2) is 52.2 Å². The number of nitrogen functional groups attached to an aromatic ring is 1.